The van der Waals surface area contributed by atoms with E-state index in [9.17, 15) is 0 Å². The van der Waals surface area contributed by atoms with E-state index in [2.05, 4.69) is 4.98 Å². The molecule has 1 heterocycles. The molecule has 92 valence electrons. The van der Waals surface area contributed by atoms with Crippen LogP contribution in [0.25, 0.3) is 0 Å². The molecule has 0 amide bonds. The quantitative estimate of drug-likeness (QED) is 0.637. The van der Waals surface area contributed by atoms with Gasteiger partial charge in [-0.15, -0.1) is 0 Å². The fourth-order valence-electron chi connectivity index (χ4n) is 1.56. The minimum atomic E-state index is 0.0451. The first-order valence-corrected chi connectivity index (χ1v) is 5.63. The highest BCUT2D eigenvalue weighted by atomic mass is 16.5. The maximum atomic E-state index is 7.41. The Labute approximate surface area is 106 Å². The molecule has 18 heavy (non-hydrogen) atoms. The molecular formula is C14H15N3O. The number of nitrogens with zero attached hydrogens (tertiary/aromatic N) is 1. The highest BCUT2D eigenvalue weighted by molar-refractivity contribution is 5.95. The zero-order valence-corrected chi connectivity index (χ0v) is 10.2. The van der Waals surface area contributed by atoms with Crippen molar-refractivity contribution in [1.29, 1.82) is 5.41 Å². The van der Waals surface area contributed by atoms with Crippen LogP contribution in [-0.2, 0) is 6.61 Å². The monoisotopic (exact) mass is 241 g/mol. The Bertz CT molecular complexity index is 552. The number of amidine groups is 1. The summed E-state index contributed by atoms with van der Waals surface area (Å²) >= 11 is 0. The maximum Gasteiger partial charge on any atom is 0.123 e. The number of nitrogens with two attached hydrogens (primary N) is 1. The Morgan fingerprint density at radius 2 is 2.00 bits per heavy atom. The fourth-order valence-corrected chi connectivity index (χ4v) is 1.56. The Kier molecular flexibility index (Phi) is 3.57. The number of aryl methyl sites for hydroxylation is 1. The minimum absolute atomic E-state index is 0.0451. The fraction of sp³-hybridized carbons (Fsp3) is 0.143. The van der Waals surface area contributed by atoms with Gasteiger partial charge >= 0.3 is 0 Å². The van der Waals surface area contributed by atoms with E-state index in [-0.39, 0.29) is 5.84 Å². The molecule has 0 fully saturated rings. The van der Waals surface area contributed by atoms with Gasteiger partial charge in [-0.05, 0) is 36.2 Å². The molecule has 3 N–H and O–H groups in total. The molecule has 0 radical (unpaired) electrons. The molecule has 0 saturated carbocycles. The van der Waals surface area contributed by atoms with E-state index in [1.54, 1.807) is 18.5 Å². The van der Waals surface area contributed by atoms with Gasteiger partial charge in [-0.25, -0.2) is 0 Å². The summed E-state index contributed by atoms with van der Waals surface area (Å²) in [6.07, 6.45) is 3.47. The largest absolute Gasteiger partial charge is 0.489 e. The van der Waals surface area contributed by atoms with Gasteiger partial charge in [0, 0.05) is 18.0 Å². The van der Waals surface area contributed by atoms with Gasteiger partial charge in [-0.2, -0.15) is 0 Å². The summed E-state index contributed by atoms with van der Waals surface area (Å²) in [4.78, 5) is 3.96. The number of nitrogen functional groups attached to an aromatic ring is 1. The van der Waals surface area contributed by atoms with E-state index < -0.39 is 0 Å². The molecule has 0 atom stereocenters. The number of pyridine rings is 1. The van der Waals surface area contributed by atoms with Crippen LogP contribution in [-0.4, -0.2) is 10.8 Å². The molecule has 0 aliphatic heterocycles. The first-order valence-electron chi connectivity index (χ1n) is 5.63. The zero-order valence-electron chi connectivity index (χ0n) is 10.2. The second kappa shape index (κ2) is 5.31. The predicted octanol–water partition coefficient (Wildman–Crippen LogP) is 2.25. The summed E-state index contributed by atoms with van der Waals surface area (Å²) in [5, 5.41) is 7.41. The molecule has 0 aliphatic rings. The molecule has 0 spiro atoms. The van der Waals surface area contributed by atoms with Gasteiger partial charge in [0.2, 0.25) is 0 Å². The lowest BCUT2D eigenvalue weighted by Crippen LogP contribution is -2.11. The Hall–Kier alpha value is -2.36. The zero-order chi connectivity index (χ0) is 13.0. The van der Waals surface area contributed by atoms with Gasteiger partial charge in [0.1, 0.15) is 18.2 Å². The number of benzene rings is 1. The summed E-state index contributed by atoms with van der Waals surface area (Å²) in [6.45, 7) is 2.44. The average Bonchev–Trinajstić information content (AvgIpc) is 2.38. The normalized spacial score (nSPS) is 10.1. The standard InChI is InChI=1S/C14H15N3O/c1-10-2-3-12(14(15)16)8-13(10)18-9-11-4-6-17-7-5-11/h2-8H,9H2,1H3,(H3,15,16). The maximum absolute atomic E-state index is 7.41. The van der Waals surface area contributed by atoms with E-state index in [1.807, 2.05) is 31.2 Å². The van der Waals surface area contributed by atoms with Gasteiger partial charge < -0.3 is 10.5 Å². The molecule has 0 saturated heterocycles. The Balaban J connectivity index is 2.14. The highest BCUT2D eigenvalue weighted by Gasteiger charge is 2.04. The van der Waals surface area contributed by atoms with Crippen LogP contribution in [0.4, 0.5) is 0 Å². The molecule has 0 aliphatic carbocycles. The number of hydrogen-bond donors (Lipinski definition) is 2. The van der Waals surface area contributed by atoms with Crippen molar-refractivity contribution in [3.63, 3.8) is 0 Å². The number of hydrogen-bond acceptors (Lipinski definition) is 3. The van der Waals surface area contributed by atoms with Crippen LogP contribution in [0.1, 0.15) is 16.7 Å². The molecule has 2 rings (SSSR count). The lowest BCUT2D eigenvalue weighted by Gasteiger charge is -2.10. The third-order valence-electron chi connectivity index (χ3n) is 2.64. The second-order valence-electron chi connectivity index (χ2n) is 4.04. The van der Waals surface area contributed by atoms with Gasteiger partial charge in [-0.3, -0.25) is 10.4 Å². The van der Waals surface area contributed by atoms with Crippen LogP contribution >= 0.6 is 0 Å². The van der Waals surface area contributed by atoms with Crippen molar-refractivity contribution < 1.29 is 4.74 Å². The van der Waals surface area contributed by atoms with E-state index in [0.717, 1.165) is 16.9 Å². The molecule has 1 aromatic heterocycles. The van der Waals surface area contributed by atoms with Crippen molar-refractivity contribution in [3.8, 4) is 5.75 Å². The van der Waals surface area contributed by atoms with Gasteiger partial charge in [0.05, 0.1) is 0 Å². The molecule has 4 heteroatoms. The van der Waals surface area contributed by atoms with Crippen LogP contribution in [0.5, 0.6) is 5.75 Å². The number of ether oxygens (including phenoxy) is 1. The van der Waals surface area contributed by atoms with Crippen molar-refractivity contribution in [2.24, 2.45) is 5.73 Å². The SMILES string of the molecule is Cc1ccc(C(=N)N)cc1OCc1ccncc1. The molecular weight excluding hydrogens is 226 g/mol. The van der Waals surface area contributed by atoms with E-state index in [1.165, 1.54) is 0 Å². The first-order chi connectivity index (χ1) is 8.66. The topological polar surface area (TPSA) is 72.0 Å². The number of nitrogens with one attached hydrogen (secondary N) is 1. The van der Waals surface area contributed by atoms with Gasteiger partial charge in [-0.1, -0.05) is 12.1 Å². The van der Waals surface area contributed by atoms with Crippen molar-refractivity contribution >= 4 is 5.84 Å². The molecule has 1 aromatic carbocycles. The van der Waals surface area contributed by atoms with Gasteiger partial charge in [0.25, 0.3) is 0 Å². The summed E-state index contributed by atoms with van der Waals surface area (Å²) in [5.74, 6) is 0.795. The Morgan fingerprint density at radius 3 is 2.67 bits per heavy atom. The third-order valence-corrected chi connectivity index (χ3v) is 2.64. The predicted molar refractivity (Wildman–Crippen MR) is 70.8 cm³/mol. The summed E-state index contributed by atoms with van der Waals surface area (Å²) in [7, 11) is 0. The summed E-state index contributed by atoms with van der Waals surface area (Å²) < 4.78 is 5.73. The highest BCUT2D eigenvalue weighted by Crippen LogP contribution is 2.20. The molecule has 4 nitrogen and oxygen atoms in total. The van der Waals surface area contributed by atoms with Crippen molar-refractivity contribution in [2.75, 3.05) is 0 Å². The summed E-state index contributed by atoms with van der Waals surface area (Å²) in [5.41, 5.74) is 8.21. The van der Waals surface area contributed by atoms with E-state index in [4.69, 9.17) is 15.9 Å². The lowest BCUT2D eigenvalue weighted by atomic mass is 10.1. The third kappa shape index (κ3) is 2.85. The Morgan fingerprint density at radius 1 is 1.28 bits per heavy atom. The molecule has 0 bridgehead atoms. The van der Waals surface area contributed by atoms with E-state index in [0.29, 0.717) is 12.2 Å². The second-order valence-corrected chi connectivity index (χ2v) is 4.04. The van der Waals surface area contributed by atoms with Crippen LogP contribution in [0.3, 0.4) is 0 Å². The minimum Gasteiger partial charge on any atom is -0.489 e. The van der Waals surface area contributed by atoms with Crippen molar-refractivity contribution in [3.05, 3.63) is 59.4 Å². The number of aromatic nitrogens is 1. The van der Waals surface area contributed by atoms with Crippen LogP contribution in [0.15, 0.2) is 42.7 Å². The van der Waals surface area contributed by atoms with Crippen LogP contribution in [0.2, 0.25) is 0 Å². The molecule has 0 unspecified atom stereocenters. The van der Waals surface area contributed by atoms with Crippen molar-refractivity contribution in [1.82, 2.24) is 4.98 Å². The van der Waals surface area contributed by atoms with Crippen LogP contribution < -0.4 is 10.5 Å². The number of rotatable bonds is 4. The molecule has 2 aromatic rings. The van der Waals surface area contributed by atoms with E-state index >= 15 is 0 Å². The summed E-state index contributed by atoms with van der Waals surface area (Å²) in [6, 6.07) is 9.32. The first kappa shape index (κ1) is 12.1. The smallest absolute Gasteiger partial charge is 0.123 e. The van der Waals surface area contributed by atoms with Crippen molar-refractivity contribution in [2.45, 2.75) is 13.5 Å². The van der Waals surface area contributed by atoms with Crippen LogP contribution in [0, 0.1) is 12.3 Å². The van der Waals surface area contributed by atoms with Gasteiger partial charge in [0.15, 0.2) is 0 Å². The average molecular weight is 241 g/mol. The lowest BCUT2D eigenvalue weighted by molar-refractivity contribution is 0.304.